The van der Waals surface area contributed by atoms with Crippen molar-refractivity contribution in [2.75, 3.05) is 0 Å². The molecule has 0 bridgehead atoms. The van der Waals surface area contributed by atoms with Crippen LogP contribution in [-0.2, 0) is 12.8 Å². The van der Waals surface area contributed by atoms with Crippen LogP contribution in [-0.4, -0.2) is 19.9 Å². The van der Waals surface area contributed by atoms with Crippen LogP contribution < -0.4 is 5.56 Å². The fourth-order valence-corrected chi connectivity index (χ4v) is 5.29. The highest BCUT2D eigenvalue weighted by atomic mass is 32.2. The van der Waals surface area contributed by atoms with E-state index in [0.717, 1.165) is 29.5 Å². The molecule has 1 aliphatic carbocycles. The van der Waals surface area contributed by atoms with Gasteiger partial charge in [-0.25, -0.2) is 15.0 Å². The molecule has 0 amide bonds. The maximum Gasteiger partial charge on any atom is 0.259 e. The summed E-state index contributed by atoms with van der Waals surface area (Å²) in [6.07, 6.45) is 6.64. The van der Waals surface area contributed by atoms with Crippen molar-refractivity contribution in [1.29, 1.82) is 0 Å². The van der Waals surface area contributed by atoms with E-state index in [2.05, 4.69) is 21.9 Å². The highest BCUT2D eigenvalue weighted by molar-refractivity contribution is 7.99. The van der Waals surface area contributed by atoms with Gasteiger partial charge in [0.15, 0.2) is 5.16 Å². The average molecular weight is 358 g/mol. The van der Waals surface area contributed by atoms with Crippen molar-refractivity contribution in [3.8, 4) is 0 Å². The Morgan fingerprint density at radius 3 is 2.96 bits per heavy atom. The third-order valence-electron chi connectivity index (χ3n) is 4.39. The first-order chi connectivity index (χ1) is 11.6. The first-order valence-corrected chi connectivity index (χ1v) is 9.79. The lowest BCUT2D eigenvalue weighted by atomic mass is 9.89. The molecular formula is C17H18N4OS2. The Labute approximate surface area is 148 Å². The predicted molar refractivity (Wildman–Crippen MR) is 97.7 cm³/mol. The lowest BCUT2D eigenvalue weighted by molar-refractivity contribution is 0.509. The van der Waals surface area contributed by atoms with E-state index in [0.29, 0.717) is 16.9 Å². The molecule has 3 aromatic heterocycles. The van der Waals surface area contributed by atoms with Gasteiger partial charge in [-0.1, -0.05) is 18.7 Å². The smallest absolute Gasteiger partial charge is 0.259 e. The number of thioether (sulfide) groups is 1. The fraction of sp³-hybridized carbons (Fsp3) is 0.412. The van der Waals surface area contributed by atoms with Gasteiger partial charge in [0, 0.05) is 17.3 Å². The molecule has 5 nitrogen and oxygen atoms in total. The first kappa shape index (κ1) is 15.8. The van der Waals surface area contributed by atoms with E-state index in [9.17, 15) is 4.79 Å². The molecule has 0 fully saturated rings. The molecule has 0 aromatic carbocycles. The van der Waals surface area contributed by atoms with Gasteiger partial charge in [-0.15, -0.1) is 11.3 Å². The monoisotopic (exact) mass is 358 g/mol. The Morgan fingerprint density at radius 1 is 1.38 bits per heavy atom. The minimum Gasteiger partial charge on any atom is -0.309 e. The summed E-state index contributed by atoms with van der Waals surface area (Å²) >= 11 is 3.18. The van der Waals surface area contributed by atoms with Gasteiger partial charge < -0.3 is 4.98 Å². The topological polar surface area (TPSA) is 71.5 Å². The van der Waals surface area contributed by atoms with Gasteiger partial charge in [0.1, 0.15) is 10.7 Å². The van der Waals surface area contributed by atoms with E-state index < -0.39 is 0 Å². The van der Waals surface area contributed by atoms with E-state index in [1.54, 1.807) is 29.8 Å². The summed E-state index contributed by atoms with van der Waals surface area (Å²) in [5, 5.41) is 1.48. The van der Waals surface area contributed by atoms with E-state index in [4.69, 9.17) is 4.98 Å². The minimum atomic E-state index is -0.0115. The number of rotatable bonds is 3. The van der Waals surface area contributed by atoms with Crippen molar-refractivity contribution < 1.29 is 0 Å². The quantitative estimate of drug-likeness (QED) is 0.570. The van der Waals surface area contributed by atoms with Crippen LogP contribution in [0.1, 0.15) is 41.8 Å². The second-order valence-corrected chi connectivity index (χ2v) is 8.67. The van der Waals surface area contributed by atoms with Crippen molar-refractivity contribution >= 4 is 33.3 Å². The van der Waals surface area contributed by atoms with Crippen molar-refractivity contribution in [2.24, 2.45) is 5.92 Å². The predicted octanol–water partition coefficient (Wildman–Crippen LogP) is 3.75. The molecule has 0 radical (unpaired) electrons. The summed E-state index contributed by atoms with van der Waals surface area (Å²) in [5.74, 6) is 1.38. The van der Waals surface area contributed by atoms with E-state index in [1.807, 2.05) is 6.92 Å². The van der Waals surface area contributed by atoms with Crippen molar-refractivity contribution in [1.82, 2.24) is 19.9 Å². The fourth-order valence-electron chi connectivity index (χ4n) is 3.12. The third-order valence-corrected chi connectivity index (χ3v) is 6.54. The molecule has 0 aliphatic heterocycles. The summed E-state index contributed by atoms with van der Waals surface area (Å²) in [5.41, 5.74) is 1.21. The maximum absolute atomic E-state index is 12.6. The number of aromatic amines is 1. The van der Waals surface area contributed by atoms with Crippen LogP contribution in [0, 0.1) is 5.92 Å². The molecular weight excluding hydrogens is 340 g/mol. The molecule has 24 heavy (non-hydrogen) atoms. The number of hydrogen-bond acceptors (Lipinski definition) is 6. The van der Waals surface area contributed by atoms with Gasteiger partial charge in [-0.3, -0.25) is 4.79 Å². The summed E-state index contributed by atoms with van der Waals surface area (Å²) in [6.45, 7) is 4.29. The average Bonchev–Trinajstić information content (AvgIpc) is 2.93. The van der Waals surface area contributed by atoms with Gasteiger partial charge in [0.05, 0.1) is 10.6 Å². The molecule has 2 atom stereocenters. The number of aromatic nitrogens is 4. The van der Waals surface area contributed by atoms with Crippen LogP contribution in [0.4, 0.5) is 0 Å². The van der Waals surface area contributed by atoms with Gasteiger partial charge in [0.25, 0.3) is 5.56 Å². The molecule has 0 saturated carbocycles. The zero-order valence-electron chi connectivity index (χ0n) is 13.6. The van der Waals surface area contributed by atoms with Crippen LogP contribution in [0.25, 0.3) is 10.2 Å². The Kier molecular flexibility index (Phi) is 4.14. The van der Waals surface area contributed by atoms with Gasteiger partial charge in [-0.2, -0.15) is 0 Å². The summed E-state index contributed by atoms with van der Waals surface area (Å²) in [7, 11) is 0. The lowest BCUT2D eigenvalue weighted by Gasteiger charge is -2.17. The maximum atomic E-state index is 12.6. The molecule has 3 heterocycles. The van der Waals surface area contributed by atoms with E-state index in [1.165, 1.54) is 22.2 Å². The van der Waals surface area contributed by atoms with Gasteiger partial charge in [0.2, 0.25) is 0 Å². The molecule has 0 saturated heterocycles. The lowest BCUT2D eigenvalue weighted by Crippen LogP contribution is -2.15. The van der Waals surface area contributed by atoms with Crippen molar-refractivity contribution in [3.63, 3.8) is 0 Å². The second-order valence-electron chi connectivity index (χ2n) is 6.27. The zero-order chi connectivity index (χ0) is 16.7. The zero-order valence-corrected chi connectivity index (χ0v) is 15.2. The van der Waals surface area contributed by atoms with Crippen molar-refractivity contribution in [2.45, 2.75) is 43.5 Å². The number of thiophene rings is 1. The van der Waals surface area contributed by atoms with Crippen molar-refractivity contribution in [3.05, 3.63) is 45.1 Å². The number of H-pyrrole nitrogens is 1. The number of fused-ring (bicyclic) bond motifs is 3. The normalized spacial score (nSPS) is 18.5. The minimum absolute atomic E-state index is 0.0107. The molecule has 7 heteroatoms. The Hall–Kier alpha value is -1.73. The van der Waals surface area contributed by atoms with Crippen LogP contribution in [0.3, 0.4) is 0 Å². The second kappa shape index (κ2) is 6.29. The van der Waals surface area contributed by atoms with Crippen LogP contribution in [0.5, 0.6) is 0 Å². The largest absolute Gasteiger partial charge is 0.309 e. The Bertz CT molecular complexity index is 935. The Balaban J connectivity index is 1.71. The highest BCUT2D eigenvalue weighted by Gasteiger charge is 2.24. The summed E-state index contributed by atoms with van der Waals surface area (Å²) < 4.78 is 0. The Morgan fingerprint density at radius 2 is 2.17 bits per heavy atom. The van der Waals surface area contributed by atoms with Gasteiger partial charge in [-0.05, 0) is 43.7 Å². The summed E-state index contributed by atoms with van der Waals surface area (Å²) in [4.78, 5) is 31.0. The molecule has 4 rings (SSSR count). The molecule has 0 spiro atoms. The van der Waals surface area contributed by atoms with Crippen LogP contribution >= 0.6 is 23.1 Å². The van der Waals surface area contributed by atoms with E-state index >= 15 is 0 Å². The number of hydrogen-bond donors (Lipinski definition) is 1. The third kappa shape index (κ3) is 2.86. The SMILES string of the molecule is C[C@H]1CCc2c(sc3nc([C@H](C)Sc4ncccn4)[nH]c(=O)c23)C1. The standard InChI is InChI=1S/C17H18N4OS2/c1-9-4-5-11-12(8-9)24-16-13(11)15(22)20-14(21-16)10(2)23-17-18-6-3-7-19-17/h3,6-7,9-10H,4-5,8H2,1-2H3,(H,20,21,22)/t9-,10-/m0/s1. The molecule has 124 valence electrons. The first-order valence-electron chi connectivity index (χ1n) is 8.10. The van der Waals surface area contributed by atoms with Gasteiger partial charge >= 0.3 is 0 Å². The molecule has 1 aliphatic rings. The number of nitrogens with zero attached hydrogens (tertiary/aromatic N) is 3. The highest BCUT2D eigenvalue weighted by Crippen LogP contribution is 2.37. The molecule has 0 unspecified atom stereocenters. The van der Waals surface area contributed by atoms with Crippen LogP contribution in [0.2, 0.25) is 0 Å². The summed E-state index contributed by atoms with van der Waals surface area (Å²) in [6, 6.07) is 1.79. The molecule has 1 N–H and O–H groups in total. The number of nitrogens with one attached hydrogen (secondary N) is 1. The van der Waals surface area contributed by atoms with E-state index in [-0.39, 0.29) is 10.8 Å². The molecule has 3 aromatic rings. The number of aryl methyl sites for hydroxylation is 1. The van der Waals surface area contributed by atoms with Crippen LogP contribution in [0.15, 0.2) is 28.4 Å².